The lowest BCUT2D eigenvalue weighted by Crippen LogP contribution is -2.14. The van der Waals surface area contributed by atoms with Gasteiger partial charge in [0.05, 0.1) is 25.7 Å². The van der Waals surface area contributed by atoms with Gasteiger partial charge in [-0.3, -0.25) is 9.36 Å². The van der Waals surface area contributed by atoms with E-state index >= 15 is 0 Å². The number of amides is 1. The highest BCUT2D eigenvalue weighted by atomic mass is 32.2. The molecular formula is C27H25N5O3S. The number of carbonyl (C=O) groups is 1. The van der Waals surface area contributed by atoms with E-state index in [1.807, 2.05) is 84.4 Å². The van der Waals surface area contributed by atoms with E-state index in [2.05, 4.69) is 20.5 Å². The molecule has 0 radical (unpaired) electrons. The molecule has 182 valence electrons. The molecular weight excluding hydrogens is 474 g/mol. The number of rotatable bonds is 8. The molecule has 0 atom stereocenters. The van der Waals surface area contributed by atoms with Gasteiger partial charge in [-0.05, 0) is 37.3 Å². The molecule has 2 aromatic heterocycles. The molecule has 0 aliphatic heterocycles. The summed E-state index contributed by atoms with van der Waals surface area (Å²) < 4.78 is 13.1. The van der Waals surface area contributed by atoms with Crippen LogP contribution in [0.4, 0.5) is 5.69 Å². The highest BCUT2D eigenvalue weighted by Gasteiger charge is 2.22. The van der Waals surface area contributed by atoms with Crippen molar-refractivity contribution in [2.45, 2.75) is 12.1 Å². The standard InChI is InChI=1S/C27H25N5O3S/c1-17-8-10-18(11-9-17)29-25(33)16-36-27-31-30-26(21-15-28-22-7-5-4-6-20(21)22)32(27)23-14-19(34-2)12-13-24(23)35-3/h4-15,28H,16H2,1-3H3,(H,29,33). The summed E-state index contributed by atoms with van der Waals surface area (Å²) in [4.78, 5) is 16.0. The van der Waals surface area contributed by atoms with Crippen LogP contribution in [0.5, 0.6) is 11.5 Å². The van der Waals surface area contributed by atoms with Crippen molar-refractivity contribution in [1.82, 2.24) is 19.7 Å². The Hall–Kier alpha value is -4.24. The number of aromatic nitrogens is 4. The van der Waals surface area contributed by atoms with Crippen LogP contribution in [0.3, 0.4) is 0 Å². The first-order valence-electron chi connectivity index (χ1n) is 11.3. The van der Waals surface area contributed by atoms with Crippen molar-refractivity contribution in [2.24, 2.45) is 0 Å². The molecule has 9 heteroatoms. The molecule has 2 heterocycles. The van der Waals surface area contributed by atoms with Crippen molar-refractivity contribution in [2.75, 3.05) is 25.3 Å². The summed E-state index contributed by atoms with van der Waals surface area (Å²) in [6, 6.07) is 21.2. The fourth-order valence-corrected chi connectivity index (χ4v) is 4.69. The molecule has 0 fully saturated rings. The Morgan fingerprint density at radius 2 is 1.83 bits per heavy atom. The van der Waals surface area contributed by atoms with Gasteiger partial charge < -0.3 is 19.8 Å². The second-order valence-corrected chi connectivity index (χ2v) is 9.07. The van der Waals surface area contributed by atoms with Crippen LogP contribution in [-0.4, -0.2) is 45.6 Å². The minimum atomic E-state index is -0.135. The molecule has 1 amide bonds. The summed E-state index contributed by atoms with van der Waals surface area (Å²) in [7, 11) is 3.23. The molecule has 0 saturated carbocycles. The first-order valence-corrected chi connectivity index (χ1v) is 12.3. The number of ether oxygens (including phenoxy) is 2. The van der Waals surface area contributed by atoms with E-state index in [4.69, 9.17) is 9.47 Å². The van der Waals surface area contributed by atoms with Crippen molar-refractivity contribution >= 4 is 34.3 Å². The molecule has 36 heavy (non-hydrogen) atoms. The van der Waals surface area contributed by atoms with E-state index in [9.17, 15) is 4.79 Å². The first-order chi connectivity index (χ1) is 17.6. The lowest BCUT2D eigenvalue weighted by Gasteiger charge is -2.15. The normalized spacial score (nSPS) is 11.0. The fraction of sp³-hybridized carbons (Fsp3) is 0.148. The molecule has 3 aromatic carbocycles. The molecule has 0 unspecified atom stereocenters. The summed E-state index contributed by atoms with van der Waals surface area (Å²) in [6.07, 6.45) is 1.91. The summed E-state index contributed by atoms with van der Waals surface area (Å²) >= 11 is 1.30. The number of nitrogens with zero attached hydrogens (tertiary/aromatic N) is 3. The molecule has 0 aliphatic rings. The average Bonchev–Trinajstić information content (AvgIpc) is 3.52. The third-order valence-electron chi connectivity index (χ3n) is 5.76. The number of hydrogen-bond acceptors (Lipinski definition) is 6. The average molecular weight is 500 g/mol. The maximum Gasteiger partial charge on any atom is 0.234 e. The van der Waals surface area contributed by atoms with Gasteiger partial charge in [0.2, 0.25) is 5.91 Å². The summed E-state index contributed by atoms with van der Waals surface area (Å²) in [5.74, 6) is 1.94. The van der Waals surface area contributed by atoms with Crippen LogP contribution < -0.4 is 14.8 Å². The second-order valence-electron chi connectivity index (χ2n) is 8.13. The third kappa shape index (κ3) is 4.65. The Balaban J connectivity index is 1.54. The number of fused-ring (bicyclic) bond motifs is 1. The Kier molecular flexibility index (Phi) is 6.64. The maximum atomic E-state index is 12.7. The highest BCUT2D eigenvalue weighted by Crippen LogP contribution is 2.37. The van der Waals surface area contributed by atoms with Crippen LogP contribution in [0, 0.1) is 6.92 Å². The van der Waals surface area contributed by atoms with Crippen LogP contribution in [0.1, 0.15) is 5.56 Å². The second kappa shape index (κ2) is 10.2. The van der Waals surface area contributed by atoms with E-state index < -0.39 is 0 Å². The lowest BCUT2D eigenvalue weighted by atomic mass is 10.1. The molecule has 5 aromatic rings. The maximum absolute atomic E-state index is 12.7. The number of thioether (sulfide) groups is 1. The van der Waals surface area contributed by atoms with Crippen molar-refractivity contribution < 1.29 is 14.3 Å². The van der Waals surface area contributed by atoms with Crippen LogP contribution >= 0.6 is 11.8 Å². The van der Waals surface area contributed by atoms with Crippen LogP contribution in [0.25, 0.3) is 28.0 Å². The number of H-pyrrole nitrogens is 1. The smallest absolute Gasteiger partial charge is 0.234 e. The van der Waals surface area contributed by atoms with Gasteiger partial charge in [0.1, 0.15) is 11.5 Å². The van der Waals surface area contributed by atoms with E-state index in [0.29, 0.717) is 28.2 Å². The molecule has 0 bridgehead atoms. The zero-order valence-corrected chi connectivity index (χ0v) is 20.9. The monoisotopic (exact) mass is 499 g/mol. The van der Waals surface area contributed by atoms with E-state index in [1.54, 1.807) is 14.2 Å². The number of carbonyl (C=O) groups excluding carboxylic acids is 1. The van der Waals surface area contributed by atoms with Gasteiger partial charge in [0.25, 0.3) is 0 Å². The fourth-order valence-electron chi connectivity index (χ4n) is 3.95. The molecule has 2 N–H and O–H groups in total. The van der Waals surface area contributed by atoms with Crippen molar-refractivity contribution in [3.8, 4) is 28.6 Å². The minimum Gasteiger partial charge on any atom is -0.497 e. The van der Waals surface area contributed by atoms with Crippen molar-refractivity contribution in [3.05, 3.63) is 78.5 Å². The van der Waals surface area contributed by atoms with E-state index in [-0.39, 0.29) is 11.7 Å². The number of aromatic amines is 1. The number of hydrogen-bond donors (Lipinski definition) is 2. The van der Waals surface area contributed by atoms with Crippen molar-refractivity contribution in [1.29, 1.82) is 0 Å². The number of methoxy groups -OCH3 is 2. The van der Waals surface area contributed by atoms with Crippen molar-refractivity contribution in [3.63, 3.8) is 0 Å². The SMILES string of the molecule is COc1ccc(OC)c(-n2c(SCC(=O)Nc3ccc(C)cc3)nnc2-c2c[nH]c3ccccc23)c1. The predicted molar refractivity (Wildman–Crippen MR) is 142 cm³/mol. The Morgan fingerprint density at radius 1 is 1.03 bits per heavy atom. The first kappa shape index (κ1) is 23.5. The number of benzene rings is 3. The highest BCUT2D eigenvalue weighted by molar-refractivity contribution is 7.99. The van der Waals surface area contributed by atoms with E-state index in [0.717, 1.165) is 27.7 Å². The zero-order valence-electron chi connectivity index (χ0n) is 20.1. The Bertz CT molecular complexity index is 1520. The number of nitrogens with one attached hydrogen (secondary N) is 2. The summed E-state index contributed by atoms with van der Waals surface area (Å²) in [5, 5.41) is 13.5. The van der Waals surface area contributed by atoms with Gasteiger partial charge in [-0.2, -0.15) is 0 Å². The lowest BCUT2D eigenvalue weighted by molar-refractivity contribution is -0.113. The molecule has 0 saturated heterocycles. The number of aryl methyl sites for hydroxylation is 1. The molecule has 8 nitrogen and oxygen atoms in total. The summed E-state index contributed by atoms with van der Waals surface area (Å²) in [5.41, 5.74) is 4.47. The van der Waals surface area contributed by atoms with Gasteiger partial charge >= 0.3 is 0 Å². The quantitative estimate of drug-likeness (QED) is 0.275. The van der Waals surface area contributed by atoms with E-state index in [1.165, 1.54) is 11.8 Å². The van der Waals surface area contributed by atoms with Gasteiger partial charge in [-0.1, -0.05) is 47.7 Å². The molecule has 0 spiro atoms. The van der Waals surface area contributed by atoms with Crippen LogP contribution in [-0.2, 0) is 4.79 Å². The summed E-state index contributed by atoms with van der Waals surface area (Å²) in [6.45, 7) is 2.01. The zero-order chi connectivity index (χ0) is 25.1. The van der Waals surface area contributed by atoms with Gasteiger partial charge in [-0.25, -0.2) is 0 Å². The molecule has 5 rings (SSSR count). The molecule has 0 aliphatic carbocycles. The number of para-hydroxylation sites is 1. The van der Waals surface area contributed by atoms with Gasteiger partial charge in [0.15, 0.2) is 11.0 Å². The number of anilines is 1. The van der Waals surface area contributed by atoms with Gasteiger partial charge in [0, 0.05) is 34.4 Å². The minimum absolute atomic E-state index is 0.135. The largest absolute Gasteiger partial charge is 0.497 e. The van der Waals surface area contributed by atoms with Crippen LogP contribution in [0.2, 0.25) is 0 Å². The van der Waals surface area contributed by atoms with Gasteiger partial charge in [-0.15, -0.1) is 10.2 Å². The third-order valence-corrected chi connectivity index (χ3v) is 6.69. The Morgan fingerprint density at radius 3 is 2.61 bits per heavy atom. The Labute approximate surface area is 212 Å². The topological polar surface area (TPSA) is 94.1 Å². The predicted octanol–water partition coefficient (Wildman–Crippen LogP) is 5.47. The van der Waals surface area contributed by atoms with Crippen LogP contribution in [0.15, 0.2) is 78.1 Å².